The molecule has 5 nitrogen and oxygen atoms in total. The van der Waals surface area contributed by atoms with Crippen molar-refractivity contribution in [3.63, 3.8) is 0 Å². The van der Waals surface area contributed by atoms with Gasteiger partial charge in [0.25, 0.3) is 5.69 Å². The summed E-state index contributed by atoms with van der Waals surface area (Å²) in [5.41, 5.74) is 0.306. The monoisotopic (exact) mass is 279 g/mol. The highest BCUT2D eigenvalue weighted by Crippen LogP contribution is 2.18. The Hall–Kier alpha value is -2.00. The molecule has 0 radical (unpaired) electrons. The number of hydrogen-bond acceptors (Lipinski definition) is 4. The van der Waals surface area contributed by atoms with Gasteiger partial charge in [-0.05, 0) is 17.5 Å². The predicted octanol–water partition coefficient (Wildman–Crippen LogP) is 3.11. The highest BCUT2D eigenvalue weighted by atomic mass is 19.1. The van der Waals surface area contributed by atoms with E-state index < -0.39 is 10.7 Å². The van der Waals surface area contributed by atoms with Crippen molar-refractivity contribution in [1.82, 2.24) is 4.90 Å². The van der Waals surface area contributed by atoms with Crippen LogP contribution in [-0.2, 0) is 6.54 Å². The van der Waals surface area contributed by atoms with Crippen molar-refractivity contribution in [2.45, 2.75) is 26.8 Å². The molecule has 0 saturated carbocycles. The summed E-state index contributed by atoms with van der Waals surface area (Å²) in [6.45, 7) is 5.82. The predicted molar refractivity (Wildman–Crippen MR) is 73.4 cm³/mol. The van der Waals surface area contributed by atoms with Crippen LogP contribution in [-0.4, -0.2) is 22.9 Å². The second-order valence-electron chi connectivity index (χ2n) is 5.11. The highest BCUT2D eigenvalue weighted by molar-refractivity contribution is 5.35. The van der Waals surface area contributed by atoms with E-state index in [0.29, 0.717) is 31.0 Å². The minimum Gasteiger partial charge on any atom is -0.298 e. The lowest BCUT2D eigenvalue weighted by Gasteiger charge is -2.23. The van der Waals surface area contributed by atoms with E-state index >= 15 is 0 Å². The Morgan fingerprint density at radius 3 is 2.70 bits per heavy atom. The number of benzene rings is 1. The van der Waals surface area contributed by atoms with E-state index in [2.05, 4.69) is 6.07 Å². The molecule has 0 amide bonds. The fourth-order valence-electron chi connectivity index (χ4n) is 2.05. The Bertz CT molecular complexity index is 512. The molecule has 0 aliphatic rings. The van der Waals surface area contributed by atoms with Crippen molar-refractivity contribution in [2.24, 2.45) is 5.92 Å². The third-order valence-electron chi connectivity index (χ3n) is 2.72. The number of non-ortho nitro benzene ring substituents is 1. The Morgan fingerprint density at radius 1 is 1.45 bits per heavy atom. The number of halogens is 1. The minimum absolute atomic E-state index is 0.246. The molecular formula is C14H18FN3O2. The quantitative estimate of drug-likeness (QED) is 0.568. The number of hydrogen-bond donors (Lipinski definition) is 0. The largest absolute Gasteiger partial charge is 0.298 e. The highest BCUT2D eigenvalue weighted by Gasteiger charge is 2.13. The molecule has 0 fully saturated rings. The van der Waals surface area contributed by atoms with Crippen LogP contribution in [0.4, 0.5) is 10.1 Å². The van der Waals surface area contributed by atoms with Gasteiger partial charge in [0.05, 0.1) is 17.1 Å². The van der Waals surface area contributed by atoms with Crippen LogP contribution in [0.2, 0.25) is 0 Å². The third-order valence-corrected chi connectivity index (χ3v) is 2.72. The Labute approximate surface area is 117 Å². The normalized spacial score (nSPS) is 10.8. The van der Waals surface area contributed by atoms with Gasteiger partial charge in [-0.3, -0.25) is 15.0 Å². The lowest BCUT2D eigenvalue weighted by atomic mass is 10.1. The molecule has 1 aromatic carbocycles. The average Bonchev–Trinajstić information content (AvgIpc) is 2.34. The maximum Gasteiger partial charge on any atom is 0.272 e. The zero-order valence-electron chi connectivity index (χ0n) is 11.7. The van der Waals surface area contributed by atoms with Gasteiger partial charge < -0.3 is 0 Å². The van der Waals surface area contributed by atoms with Gasteiger partial charge in [0.2, 0.25) is 0 Å². The zero-order chi connectivity index (χ0) is 15.1. The number of rotatable bonds is 7. The minimum atomic E-state index is -0.612. The Kier molecular flexibility index (Phi) is 6.07. The average molecular weight is 279 g/mol. The van der Waals surface area contributed by atoms with E-state index in [1.807, 2.05) is 18.7 Å². The molecule has 1 aromatic rings. The second-order valence-corrected chi connectivity index (χ2v) is 5.11. The van der Waals surface area contributed by atoms with Crippen molar-refractivity contribution >= 4 is 5.69 Å². The van der Waals surface area contributed by atoms with E-state index in [1.165, 1.54) is 12.1 Å². The molecule has 0 aliphatic heterocycles. The molecule has 0 N–H and O–H groups in total. The molecule has 0 unspecified atom stereocenters. The second kappa shape index (κ2) is 7.56. The topological polar surface area (TPSA) is 70.2 Å². The maximum atomic E-state index is 13.4. The van der Waals surface area contributed by atoms with Crippen LogP contribution < -0.4 is 0 Å². The van der Waals surface area contributed by atoms with Gasteiger partial charge in [-0.2, -0.15) is 5.26 Å². The molecule has 0 bridgehead atoms. The van der Waals surface area contributed by atoms with E-state index in [-0.39, 0.29) is 5.69 Å². The number of nitro benzene ring substituents is 1. The molecule has 6 heteroatoms. The maximum absolute atomic E-state index is 13.4. The molecule has 0 heterocycles. The van der Waals surface area contributed by atoms with Crippen molar-refractivity contribution < 1.29 is 9.31 Å². The van der Waals surface area contributed by atoms with E-state index in [1.54, 1.807) is 0 Å². The smallest absolute Gasteiger partial charge is 0.272 e. The zero-order valence-corrected chi connectivity index (χ0v) is 11.7. The first-order valence-electron chi connectivity index (χ1n) is 6.45. The molecule has 0 aliphatic carbocycles. The SMILES string of the molecule is CC(C)CN(CCC#N)Cc1cc(F)cc([N+](=O)[O-])c1. The molecule has 0 atom stereocenters. The molecule has 1 rings (SSSR count). The van der Waals surface area contributed by atoms with E-state index in [0.717, 1.165) is 12.6 Å². The van der Waals surface area contributed by atoms with Gasteiger partial charge in [-0.1, -0.05) is 13.8 Å². The molecule has 0 saturated heterocycles. The summed E-state index contributed by atoms with van der Waals surface area (Å²) in [5.74, 6) is -0.212. The molecule has 0 spiro atoms. The lowest BCUT2D eigenvalue weighted by molar-refractivity contribution is -0.385. The van der Waals surface area contributed by atoms with Gasteiger partial charge >= 0.3 is 0 Å². The summed E-state index contributed by atoms with van der Waals surface area (Å²) in [4.78, 5) is 12.1. The van der Waals surface area contributed by atoms with Gasteiger partial charge in [-0.25, -0.2) is 4.39 Å². The summed E-state index contributed by atoms with van der Waals surface area (Å²) < 4.78 is 13.4. The van der Waals surface area contributed by atoms with Crippen LogP contribution in [0.5, 0.6) is 0 Å². The number of nitrogens with zero attached hydrogens (tertiary/aromatic N) is 3. The van der Waals surface area contributed by atoms with Crippen LogP contribution in [0.3, 0.4) is 0 Å². The van der Waals surface area contributed by atoms with Gasteiger partial charge in [0.1, 0.15) is 5.82 Å². The van der Waals surface area contributed by atoms with Crippen molar-refractivity contribution in [3.8, 4) is 6.07 Å². The van der Waals surface area contributed by atoms with Crippen LogP contribution in [0, 0.1) is 33.2 Å². The van der Waals surface area contributed by atoms with Gasteiger partial charge in [0.15, 0.2) is 0 Å². The number of nitro groups is 1. The van der Waals surface area contributed by atoms with E-state index in [4.69, 9.17) is 5.26 Å². The first kappa shape index (κ1) is 16.1. The van der Waals surface area contributed by atoms with Crippen molar-refractivity contribution in [2.75, 3.05) is 13.1 Å². The summed E-state index contributed by atoms with van der Waals surface area (Å²) in [7, 11) is 0. The van der Waals surface area contributed by atoms with Gasteiger partial charge in [-0.15, -0.1) is 0 Å². The van der Waals surface area contributed by atoms with Crippen LogP contribution in [0.15, 0.2) is 18.2 Å². The van der Waals surface area contributed by atoms with Crippen LogP contribution in [0.25, 0.3) is 0 Å². The van der Waals surface area contributed by atoms with Gasteiger partial charge in [0, 0.05) is 32.1 Å². The number of nitriles is 1. The Morgan fingerprint density at radius 2 is 2.15 bits per heavy atom. The summed E-state index contributed by atoms with van der Waals surface area (Å²) in [6, 6.07) is 5.66. The standard InChI is InChI=1S/C14H18FN3O2/c1-11(2)9-17(5-3-4-16)10-12-6-13(15)8-14(7-12)18(19)20/h6-8,11H,3,5,9-10H2,1-2H3. The Balaban J connectivity index is 2.86. The van der Waals surface area contributed by atoms with Crippen LogP contribution in [0.1, 0.15) is 25.8 Å². The fourth-order valence-corrected chi connectivity index (χ4v) is 2.05. The molecule has 108 valence electrons. The van der Waals surface area contributed by atoms with Crippen molar-refractivity contribution in [3.05, 3.63) is 39.7 Å². The summed E-state index contributed by atoms with van der Waals surface area (Å²) in [6.07, 6.45) is 0.379. The fraction of sp³-hybridized carbons (Fsp3) is 0.500. The van der Waals surface area contributed by atoms with Crippen molar-refractivity contribution in [1.29, 1.82) is 5.26 Å². The summed E-state index contributed by atoms with van der Waals surface area (Å²) in [5, 5.41) is 19.4. The first-order valence-corrected chi connectivity index (χ1v) is 6.45. The molecular weight excluding hydrogens is 261 g/mol. The molecule has 0 aromatic heterocycles. The lowest BCUT2D eigenvalue weighted by Crippen LogP contribution is -2.28. The van der Waals surface area contributed by atoms with Crippen LogP contribution >= 0.6 is 0 Å². The molecule has 20 heavy (non-hydrogen) atoms. The first-order chi connectivity index (χ1) is 9.42. The summed E-state index contributed by atoms with van der Waals surface area (Å²) >= 11 is 0. The van der Waals surface area contributed by atoms with E-state index in [9.17, 15) is 14.5 Å². The third kappa shape index (κ3) is 5.33.